The quantitative estimate of drug-likeness (QED) is 0.634. The van der Waals surface area contributed by atoms with Crippen molar-refractivity contribution in [2.75, 3.05) is 12.8 Å². The Balaban J connectivity index is 1.57. The van der Waals surface area contributed by atoms with E-state index >= 15 is 0 Å². The molecule has 5 nitrogen and oxygen atoms in total. The number of fused-ring (bicyclic) bond motifs is 2. The maximum absolute atomic E-state index is 13.0. The van der Waals surface area contributed by atoms with Crippen molar-refractivity contribution < 1.29 is 4.79 Å². The van der Waals surface area contributed by atoms with Crippen LogP contribution in [0.2, 0.25) is 0 Å². The summed E-state index contributed by atoms with van der Waals surface area (Å²) in [5, 5.41) is 9.51. The minimum Gasteiger partial charge on any atom is -0.332 e. The van der Waals surface area contributed by atoms with Crippen LogP contribution in [0.25, 0.3) is 0 Å². The minimum atomic E-state index is 0.106. The van der Waals surface area contributed by atoms with Crippen molar-refractivity contribution in [2.24, 2.45) is 24.8 Å². The van der Waals surface area contributed by atoms with Gasteiger partial charge in [0.1, 0.15) is 0 Å². The zero-order valence-electron chi connectivity index (χ0n) is 13.1. The van der Waals surface area contributed by atoms with Gasteiger partial charge >= 0.3 is 0 Å². The lowest BCUT2D eigenvalue weighted by Gasteiger charge is -2.29. The van der Waals surface area contributed by atoms with Gasteiger partial charge in [-0.15, -0.1) is 10.2 Å². The van der Waals surface area contributed by atoms with Crippen LogP contribution >= 0.6 is 11.8 Å². The van der Waals surface area contributed by atoms with Crippen LogP contribution in [0.1, 0.15) is 37.5 Å². The molecular weight excluding hydrogens is 296 g/mol. The highest BCUT2D eigenvalue weighted by atomic mass is 32.2. The largest absolute Gasteiger partial charge is 0.332 e. The summed E-state index contributed by atoms with van der Waals surface area (Å²) < 4.78 is 2.04. The fraction of sp³-hybridized carbons (Fsp3) is 0.688. The van der Waals surface area contributed by atoms with Crippen LogP contribution in [0.5, 0.6) is 0 Å². The van der Waals surface area contributed by atoms with E-state index in [2.05, 4.69) is 27.2 Å². The molecule has 2 heterocycles. The van der Waals surface area contributed by atoms with Crippen molar-refractivity contribution in [3.63, 3.8) is 0 Å². The molecule has 1 aliphatic heterocycles. The van der Waals surface area contributed by atoms with Crippen LogP contribution in [0.3, 0.4) is 0 Å². The third kappa shape index (κ3) is 2.11. The zero-order valence-corrected chi connectivity index (χ0v) is 13.9. The number of likely N-dealkylation sites (tertiary alicyclic amines) is 1. The Hall–Kier alpha value is -1.30. The number of hydrogen-bond donors (Lipinski definition) is 0. The average molecular weight is 318 g/mol. The average Bonchev–Trinajstić information content (AvgIpc) is 3.29. The van der Waals surface area contributed by atoms with Gasteiger partial charge in [-0.2, -0.15) is 0 Å². The Morgan fingerprint density at radius 1 is 1.32 bits per heavy atom. The predicted octanol–water partition coefficient (Wildman–Crippen LogP) is 2.41. The van der Waals surface area contributed by atoms with Crippen LogP contribution in [0, 0.1) is 17.8 Å². The molecule has 1 aromatic rings. The van der Waals surface area contributed by atoms with Gasteiger partial charge in [0.05, 0.1) is 6.04 Å². The molecule has 1 aromatic heterocycles. The van der Waals surface area contributed by atoms with Crippen molar-refractivity contribution in [3.8, 4) is 0 Å². The maximum Gasteiger partial charge on any atom is 0.226 e. The van der Waals surface area contributed by atoms with Crippen molar-refractivity contribution in [3.05, 3.63) is 18.0 Å². The zero-order chi connectivity index (χ0) is 15.3. The van der Waals surface area contributed by atoms with Crippen LogP contribution in [-0.4, -0.2) is 38.4 Å². The van der Waals surface area contributed by atoms with Crippen LogP contribution in [-0.2, 0) is 11.8 Å². The minimum absolute atomic E-state index is 0.106. The van der Waals surface area contributed by atoms with Gasteiger partial charge in [0.15, 0.2) is 11.0 Å². The Bertz CT molecular complexity index is 626. The third-order valence-corrected chi connectivity index (χ3v) is 6.20. The summed E-state index contributed by atoms with van der Waals surface area (Å²) in [6.45, 7) is 0.864. The normalized spacial score (nSPS) is 33.1. The second kappa shape index (κ2) is 5.41. The van der Waals surface area contributed by atoms with Gasteiger partial charge in [-0.1, -0.05) is 23.9 Å². The molecule has 1 saturated heterocycles. The number of rotatable bonds is 3. The van der Waals surface area contributed by atoms with E-state index in [-0.39, 0.29) is 12.0 Å². The number of amides is 1. The fourth-order valence-electron chi connectivity index (χ4n) is 4.37. The van der Waals surface area contributed by atoms with E-state index in [1.165, 1.54) is 6.42 Å². The van der Waals surface area contributed by atoms with Crippen molar-refractivity contribution >= 4 is 17.7 Å². The number of thioether (sulfide) groups is 1. The smallest absolute Gasteiger partial charge is 0.226 e. The van der Waals surface area contributed by atoms with Gasteiger partial charge < -0.3 is 9.47 Å². The number of allylic oxidation sites excluding steroid dienone is 2. The second-order valence-electron chi connectivity index (χ2n) is 6.68. The molecule has 4 atom stereocenters. The summed E-state index contributed by atoms with van der Waals surface area (Å²) in [5.74, 6) is 2.59. The highest BCUT2D eigenvalue weighted by Crippen LogP contribution is 2.45. The molecule has 4 rings (SSSR count). The van der Waals surface area contributed by atoms with Gasteiger partial charge in [0.25, 0.3) is 0 Å². The molecule has 6 heteroatoms. The fourth-order valence-corrected chi connectivity index (χ4v) is 4.86. The molecule has 22 heavy (non-hydrogen) atoms. The van der Waals surface area contributed by atoms with E-state index in [0.717, 1.165) is 36.8 Å². The summed E-state index contributed by atoms with van der Waals surface area (Å²) >= 11 is 1.60. The number of aromatic nitrogens is 3. The molecule has 1 amide bonds. The first-order chi connectivity index (χ1) is 10.7. The Morgan fingerprint density at radius 3 is 2.82 bits per heavy atom. The highest BCUT2D eigenvalue weighted by molar-refractivity contribution is 7.98. The van der Waals surface area contributed by atoms with Gasteiger partial charge in [0.2, 0.25) is 5.91 Å². The molecule has 0 aromatic carbocycles. The van der Waals surface area contributed by atoms with Gasteiger partial charge in [0, 0.05) is 19.5 Å². The third-order valence-electron chi connectivity index (χ3n) is 5.48. The van der Waals surface area contributed by atoms with E-state index in [1.54, 1.807) is 11.8 Å². The number of hydrogen-bond acceptors (Lipinski definition) is 4. The van der Waals surface area contributed by atoms with Crippen LogP contribution in [0.15, 0.2) is 17.3 Å². The summed E-state index contributed by atoms with van der Waals surface area (Å²) in [4.78, 5) is 15.1. The molecule has 3 aliphatic rings. The summed E-state index contributed by atoms with van der Waals surface area (Å²) in [6.07, 6.45) is 10.8. The summed E-state index contributed by atoms with van der Waals surface area (Å²) in [7, 11) is 2.00. The predicted molar refractivity (Wildman–Crippen MR) is 85.3 cm³/mol. The molecule has 0 unspecified atom stereocenters. The Morgan fingerprint density at radius 2 is 2.18 bits per heavy atom. The Kier molecular flexibility index (Phi) is 3.51. The molecule has 2 fully saturated rings. The van der Waals surface area contributed by atoms with Gasteiger partial charge in [-0.25, -0.2) is 0 Å². The molecule has 0 N–H and O–H groups in total. The maximum atomic E-state index is 13.0. The van der Waals surface area contributed by atoms with Crippen LogP contribution in [0.4, 0.5) is 0 Å². The molecular formula is C16H22N4OS. The lowest BCUT2D eigenvalue weighted by Crippen LogP contribution is -2.38. The van der Waals surface area contributed by atoms with E-state index < -0.39 is 0 Å². The first kappa shape index (κ1) is 14.3. The van der Waals surface area contributed by atoms with Crippen molar-refractivity contribution in [1.82, 2.24) is 19.7 Å². The first-order valence-electron chi connectivity index (χ1n) is 8.11. The Labute approximate surface area is 135 Å². The standard InChI is InChI=1S/C16H22N4OS/c1-19-14(17-18-16(19)22-2)13-4-3-7-20(13)15(21)12-9-10-5-6-11(12)8-10/h5-6,10-13H,3-4,7-9H2,1-2H3/t10-,11+,12-,13-/m1/s1. The molecule has 0 radical (unpaired) electrons. The number of carbonyl (C=O) groups excluding carboxylic acids is 1. The molecule has 0 spiro atoms. The lowest BCUT2D eigenvalue weighted by molar-refractivity contribution is -0.137. The van der Waals surface area contributed by atoms with Crippen LogP contribution < -0.4 is 0 Å². The van der Waals surface area contributed by atoms with E-state index in [0.29, 0.717) is 17.7 Å². The molecule has 118 valence electrons. The van der Waals surface area contributed by atoms with Gasteiger partial charge in [-0.05, 0) is 43.8 Å². The molecule has 1 saturated carbocycles. The van der Waals surface area contributed by atoms with E-state index in [1.807, 2.05) is 17.9 Å². The molecule has 2 aliphatic carbocycles. The highest BCUT2D eigenvalue weighted by Gasteiger charge is 2.44. The lowest BCUT2D eigenvalue weighted by atomic mass is 9.92. The first-order valence-corrected chi connectivity index (χ1v) is 9.33. The topological polar surface area (TPSA) is 51.0 Å². The van der Waals surface area contributed by atoms with E-state index in [9.17, 15) is 4.79 Å². The van der Waals surface area contributed by atoms with Crippen molar-refractivity contribution in [1.29, 1.82) is 0 Å². The van der Waals surface area contributed by atoms with E-state index in [4.69, 9.17) is 0 Å². The summed E-state index contributed by atoms with van der Waals surface area (Å²) in [6, 6.07) is 0.106. The van der Waals surface area contributed by atoms with Gasteiger partial charge in [-0.3, -0.25) is 4.79 Å². The molecule has 2 bridgehead atoms. The second-order valence-corrected chi connectivity index (χ2v) is 7.45. The monoisotopic (exact) mass is 318 g/mol. The number of nitrogens with zero attached hydrogens (tertiary/aromatic N) is 4. The number of carbonyl (C=O) groups is 1. The summed E-state index contributed by atoms with van der Waals surface area (Å²) in [5.41, 5.74) is 0. The van der Waals surface area contributed by atoms with Crippen molar-refractivity contribution in [2.45, 2.75) is 36.9 Å². The SMILES string of the molecule is CSc1nnc([C@H]2CCCN2C(=O)[C@@H]2C[C@@H]3C=C[C@H]2C3)n1C.